The van der Waals surface area contributed by atoms with E-state index >= 15 is 0 Å². The number of halogens is 3. The van der Waals surface area contributed by atoms with E-state index in [1.54, 1.807) is 0 Å². The maximum atomic E-state index is 12.9. The molecule has 1 aliphatic rings. The molecule has 0 atom stereocenters. The molecule has 1 fully saturated rings. The highest BCUT2D eigenvalue weighted by molar-refractivity contribution is 7.89. The monoisotopic (exact) mass is 293 g/mol. The summed E-state index contributed by atoms with van der Waals surface area (Å²) in [6, 6.07) is 4.33. The topological polar surface area (TPSA) is 37.4 Å². The Kier molecular flexibility index (Phi) is 3.87. The van der Waals surface area contributed by atoms with Crippen LogP contribution in [0.3, 0.4) is 0 Å². The second-order valence-electron chi connectivity index (χ2n) is 4.46. The maximum absolute atomic E-state index is 12.9. The van der Waals surface area contributed by atoms with Crippen LogP contribution < -0.4 is 0 Å². The lowest BCUT2D eigenvalue weighted by Gasteiger charge is -2.27. The predicted octanol–water partition coefficient (Wildman–Crippen LogP) is 2.88. The van der Waals surface area contributed by atoms with Gasteiger partial charge in [0.1, 0.15) is 0 Å². The van der Waals surface area contributed by atoms with Crippen molar-refractivity contribution in [2.75, 3.05) is 13.1 Å². The van der Waals surface area contributed by atoms with Gasteiger partial charge in [-0.2, -0.15) is 17.5 Å². The molecule has 0 amide bonds. The quantitative estimate of drug-likeness (QED) is 0.841. The summed E-state index contributed by atoms with van der Waals surface area (Å²) in [7, 11) is -4.06. The first-order valence-corrected chi connectivity index (χ1v) is 7.44. The number of sulfonamides is 1. The molecule has 19 heavy (non-hydrogen) atoms. The van der Waals surface area contributed by atoms with Gasteiger partial charge >= 0.3 is 6.18 Å². The smallest absolute Gasteiger partial charge is 0.207 e. The van der Waals surface area contributed by atoms with Crippen LogP contribution in [0, 0.1) is 0 Å². The van der Waals surface area contributed by atoms with Crippen LogP contribution in [-0.2, 0) is 16.2 Å². The SMILES string of the molecule is O=S(=O)(c1ccccc1C(F)(F)F)N1CCCCC1. The van der Waals surface area contributed by atoms with Crippen LogP contribution in [0.1, 0.15) is 24.8 Å². The fourth-order valence-electron chi connectivity index (χ4n) is 2.17. The highest BCUT2D eigenvalue weighted by Gasteiger charge is 2.38. The van der Waals surface area contributed by atoms with Gasteiger partial charge in [0.25, 0.3) is 0 Å². The summed E-state index contributed by atoms with van der Waals surface area (Å²) in [5, 5.41) is 0. The maximum Gasteiger partial charge on any atom is 0.417 e. The van der Waals surface area contributed by atoms with Gasteiger partial charge in [0.05, 0.1) is 10.5 Å². The van der Waals surface area contributed by atoms with E-state index in [-0.39, 0.29) is 13.1 Å². The summed E-state index contributed by atoms with van der Waals surface area (Å²) < 4.78 is 64.3. The molecule has 1 aromatic rings. The van der Waals surface area contributed by atoms with Crippen LogP contribution in [0.25, 0.3) is 0 Å². The van der Waals surface area contributed by atoms with Crippen LogP contribution in [0.5, 0.6) is 0 Å². The fourth-order valence-corrected chi connectivity index (χ4v) is 3.90. The zero-order valence-corrected chi connectivity index (χ0v) is 11.0. The minimum atomic E-state index is -4.67. The molecule has 2 rings (SSSR count). The van der Waals surface area contributed by atoms with Crippen molar-refractivity contribution in [2.24, 2.45) is 0 Å². The minimum absolute atomic E-state index is 0.286. The lowest BCUT2D eigenvalue weighted by atomic mass is 10.2. The van der Waals surface area contributed by atoms with E-state index in [9.17, 15) is 21.6 Å². The van der Waals surface area contributed by atoms with Gasteiger partial charge in [-0.05, 0) is 25.0 Å². The second kappa shape index (κ2) is 5.13. The van der Waals surface area contributed by atoms with Crippen LogP contribution >= 0.6 is 0 Å². The van der Waals surface area contributed by atoms with Crippen molar-refractivity contribution < 1.29 is 21.6 Å². The van der Waals surface area contributed by atoms with Crippen molar-refractivity contribution >= 4 is 10.0 Å². The Morgan fingerprint density at radius 3 is 2.16 bits per heavy atom. The van der Waals surface area contributed by atoms with Gasteiger partial charge in [-0.25, -0.2) is 8.42 Å². The third-order valence-electron chi connectivity index (χ3n) is 3.13. The lowest BCUT2D eigenvalue weighted by molar-refractivity contribution is -0.139. The van der Waals surface area contributed by atoms with Gasteiger partial charge in [0, 0.05) is 13.1 Å². The second-order valence-corrected chi connectivity index (χ2v) is 6.37. The Morgan fingerprint density at radius 2 is 1.58 bits per heavy atom. The number of alkyl halides is 3. The molecule has 0 radical (unpaired) electrons. The summed E-state index contributed by atoms with van der Waals surface area (Å²) in [6.45, 7) is 0.572. The summed E-state index contributed by atoms with van der Waals surface area (Å²) in [5.41, 5.74) is -1.10. The molecule has 0 aliphatic carbocycles. The molecule has 1 heterocycles. The normalized spacial score (nSPS) is 18.5. The molecule has 0 spiro atoms. The first-order valence-electron chi connectivity index (χ1n) is 6.00. The third-order valence-corrected chi connectivity index (χ3v) is 5.08. The number of nitrogens with zero attached hydrogens (tertiary/aromatic N) is 1. The van der Waals surface area contributed by atoms with Gasteiger partial charge in [-0.1, -0.05) is 18.6 Å². The molecule has 7 heteroatoms. The first-order chi connectivity index (χ1) is 8.83. The van der Waals surface area contributed by atoms with Crippen molar-refractivity contribution in [3.8, 4) is 0 Å². The van der Waals surface area contributed by atoms with Crippen LogP contribution in [0.15, 0.2) is 29.2 Å². The molecule has 0 aromatic heterocycles. The number of hydrogen-bond acceptors (Lipinski definition) is 2. The van der Waals surface area contributed by atoms with Crippen molar-refractivity contribution in [1.29, 1.82) is 0 Å². The van der Waals surface area contributed by atoms with E-state index in [0.717, 1.165) is 22.9 Å². The Morgan fingerprint density at radius 1 is 1.00 bits per heavy atom. The summed E-state index contributed by atoms with van der Waals surface area (Å²) in [5.74, 6) is 0. The Hall–Kier alpha value is -1.08. The largest absolute Gasteiger partial charge is 0.417 e. The molecular formula is C12H14F3NO2S. The molecule has 1 aliphatic heterocycles. The molecule has 0 N–H and O–H groups in total. The third kappa shape index (κ3) is 2.92. The van der Waals surface area contributed by atoms with Gasteiger partial charge in [0.2, 0.25) is 10.0 Å². The average Bonchev–Trinajstić information content (AvgIpc) is 2.39. The van der Waals surface area contributed by atoms with E-state index in [2.05, 4.69) is 0 Å². The molecular weight excluding hydrogens is 279 g/mol. The number of piperidine rings is 1. The summed E-state index contributed by atoms with van der Waals surface area (Å²) >= 11 is 0. The molecule has 0 saturated carbocycles. The molecule has 1 saturated heterocycles. The van der Waals surface area contributed by atoms with Gasteiger partial charge in [-0.15, -0.1) is 0 Å². The van der Waals surface area contributed by atoms with Crippen molar-refractivity contribution in [3.05, 3.63) is 29.8 Å². The Labute approximate surface area is 110 Å². The van der Waals surface area contributed by atoms with Gasteiger partial charge in [-0.3, -0.25) is 0 Å². The molecule has 3 nitrogen and oxygen atoms in total. The Bertz CT molecular complexity index is 548. The van der Waals surface area contributed by atoms with E-state index in [0.29, 0.717) is 12.8 Å². The molecule has 1 aromatic carbocycles. The van der Waals surface area contributed by atoms with E-state index < -0.39 is 26.7 Å². The number of hydrogen-bond donors (Lipinski definition) is 0. The van der Waals surface area contributed by atoms with E-state index in [4.69, 9.17) is 0 Å². The van der Waals surface area contributed by atoms with Crippen molar-refractivity contribution in [2.45, 2.75) is 30.3 Å². The Balaban J connectivity index is 2.46. The van der Waals surface area contributed by atoms with Crippen LogP contribution in [-0.4, -0.2) is 25.8 Å². The lowest BCUT2D eigenvalue weighted by Crippen LogP contribution is -2.36. The van der Waals surface area contributed by atoms with Crippen LogP contribution in [0.4, 0.5) is 13.2 Å². The predicted molar refractivity (Wildman–Crippen MR) is 64.1 cm³/mol. The molecule has 106 valence electrons. The zero-order valence-electron chi connectivity index (χ0n) is 10.2. The zero-order chi connectivity index (χ0) is 14.1. The minimum Gasteiger partial charge on any atom is -0.207 e. The standard InChI is InChI=1S/C12H14F3NO2S/c13-12(14,15)10-6-2-3-7-11(10)19(17,18)16-8-4-1-5-9-16/h2-3,6-7H,1,4-5,8-9H2. The summed E-state index contributed by atoms with van der Waals surface area (Å²) in [4.78, 5) is -0.649. The van der Waals surface area contributed by atoms with Crippen molar-refractivity contribution in [3.63, 3.8) is 0 Å². The average molecular weight is 293 g/mol. The highest BCUT2D eigenvalue weighted by atomic mass is 32.2. The van der Waals surface area contributed by atoms with Crippen molar-refractivity contribution in [1.82, 2.24) is 4.31 Å². The fraction of sp³-hybridized carbons (Fsp3) is 0.500. The number of benzene rings is 1. The summed E-state index contributed by atoms with van der Waals surface area (Å²) in [6.07, 6.45) is -2.38. The molecule has 0 bridgehead atoms. The van der Waals surface area contributed by atoms with Crippen LogP contribution in [0.2, 0.25) is 0 Å². The van der Waals surface area contributed by atoms with Gasteiger partial charge in [0.15, 0.2) is 0 Å². The van der Waals surface area contributed by atoms with Gasteiger partial charge < -0.3 is 0 Å². The highest BCUT2D eigenvalue weighted by Crippen LogP contribution is 2.35. The van der Waals surface area contributed by atoms with E-state index in [1.165, 1.54) is 12.1 Å². The van der Waals surface area contributed by atoms with E-state index in [1.807, 2.05) is 0 Å². The number of rotatable bonds is 2. The first kappa shape index (κ1) is 14.3. The molecule has 0 unspecified atom stereocenters.